The fourth-order valence-corrected chi connectivity index (χ4v) is 8.07. The highest BCUT2D eigenvalue weighted by molar-refractivity contribution is 6.22. The maximum absolute atomic E-state index is 5.18. The van der Waals surface area contributed by atoms with E-state index in [4.69, 9.17) is 4.99 Å². The quantitative estimate of drug-likeness (QED) is 0.188. The van der Waals surface area contributed by atoms with Crippen molar-refractivity contribution in [2.75, 3.05) is 0 Å². The molecule has 0 spiro atoms. The zero-order valence-corrected chi connectivity index (χ0v) is 28.5. The van der Waals surface area contributed by atoms with Crippen LogP contribution >= 0.6 is 0 Å². The lowest BCUT2D eigenvalue weighted by Gasteiger charge is -2.25. The first-order chi connectivity index (χ1) is 25.8. The van der Waals surface area contributed by atoms with Gasteiger partial charge in [-0.1, -0.05) is 182 Å². The number of benzene rings is 8. The third-order valence-corrected chi connectivity index (χ3v) is 10.5. The summed E-state index contributed by atoms with van der Waals surface area (Å²) in [7, 11) is 0. The van der Waals surface area contributed by atoms with Crippen LogP contribution in [0.2, 0.25) is 0 Å². The topological polar surface area (TPSA) is 24.4 Å². The summed E-state index contributed by atoms with van der Waals surface area (Å²) in [6, 6.07) is 67.7. The zero-order chi connectivity index (χ0) is 34.4. The van der Waals surface area contributed by atoms with E-state index in [0.717, 1.165) is 22.7 Å². The highest BCUT2D eigenvalue weighted by Crippen LogP contribution is 2.57. The van der Waals surface area contributed by atoms with Crippen LogP contribution in [-0.4, -0.2) is 5.84 Å². The van der Waals surface area contributed by atoms with Crippen molar-refractivity contribution in [1.82, 2.24) is 5.32 Å². The third-order valence-electron chi connectivity index (χ3n) is 10.5. The number of fused-ring (bicyclic) bond motifs is 3. The summed E-state index contributed by atoms with van der Waals surface area (Å²) in [5.74, 6) is 0.867. The molecule has 1 unspecified atom stereocenters. The van der Waals surface area contributed by atoms with E-state index in [0.29, 0.717) is 0 Å². The summed E-state index contributed by atoms with van der Waals surface area (Å²) in [6.07, 6.45) is 2.23. The lowest BCUT2D eigenvalue weighted by Crippen LogP contribution is -2.31. The van der Waals surface area contributed by atoms with Gasteiger partial charge < -0.3 is 5.32 Å². The molecule has 1 heterocycles. The van der Waals surface area contributed by atoms with Crippen LogP contribution in [0.15, 0.2) is 199 Å². The molecular weight excluding hydrogens is 629 g/mol. The largest absolute Gasteiger partial charge is 0.359 e. The van der Waals surface area contributed by atoms with Gasteiger partial charge in [0.2, 0.25) is 0 Å². The minimum absolute atomic E-state index is 0.00254. The second kappa shape index (κ2) is 12.5. The second-order valence-electron chi connectivity index (χ2n) is 13.5. The van der Waals surface area contributed by atoms with Gasteiger partial charge in [-0.2, -0.15) is 0 Å². The summed E-state index contributed by atoms with van der Waals surface area (Å²) in [5.41, 5.74) is 16.9. The number of hydrogen-bond donors (Lipinski definition) is 1. The van der Waals surface area contributed by atoms with Gasteiger partial charge in [-0.3, -0.25) is 0 Å². The van der Waals surface area contributed by atoms with Crippen molar-refractivity contribution < 1.29 is 0 Å². The Morgan fingerprint density at radius 3 is 1.56 bits per heavy atom. The van der Waals surface area contributed by atoms with Crippen LogP contribution in [0.25, 0.3) is 72.1 Å². The van der Waals surface area contributed by atoms with Gasteiger partial charge in [0.15, 0.2) is 0 Å². The fraction of sp³-hybridized carbons (Fsp3) is 0.0200. The molecular formula is C50H34N2. The van der Waals surface area contributed by atoms with Crippen LogP contribution in [0, 0.1) is 0 Å². The molecule has 2 nitrogen and oxygen atoms in total. The Bertz CT molecular complexity index is 2650. The monoisotopic (exact) mass is 662 g/mol. The predicted octanol–water partition coefficient (Wildman–Crippen LogP) is 12.6. The van der Waals surface area contributed by atoms with E-state index >= 15 is 0 Å². The Kier molecular flexibility index (Phi) is 7.25. The number of nitrogens with one attached hydrogen (secondary N) is 1. The van der Waals surface area contributed by atoms with E-state index < -0.39 is 0 Å². The van der Waals surface area contributed by atoms with Crippen LogP contribution in [0.1, 0.15) is 22.7 Å². The Morgan fingerprint density at radius 2 is 0.904 bits per heavy atom. The smallest absolute Gasteiger partial charge is 0.134 e. The molecule has 0 fully saturated rings. The summed E-state index contributed by atoms with van der Waals surface area (Å²) >= 11 is 0. The molecule has 52 heavy (non-hydrogen) atoms. The summed E-state index contributed by atoms with van der Waals surface area (Å²) < 4.78 is 0. The van der Waals surface area contributed by atoms with Crippen molar-refractivity contribution in [3.05, 3.63) is 211 Å². The number of amidine groups is 1. The molecule has 1 N–H and O–H groups in total. The Labute approximate surface area is 304 Å². The maximum atomic E-state index is 5.18. The SMILES string of the molecule is C1=C(c2ccccc2)N=C(c2ccc(-c3cc(-c4ccccc4)c4c(c3-c3ccccc3)-c3cccc5cccc-4c35)cc2)NC1c1ccccc1. The van der Waals surface area contributed by atoms with Crippen LogP contribution in [-0.2, 0) is 0 Å². The van der Waals surface area contributed by atoms with Crippen molar-refractivity contribution in [2.24, 2.45) is 4.99 Å². The van der Waals surface area contributed by atoms with E-state index in [1.54, 1.807) is 0 Å². The lowest BCUT2D eigenvalue weighted by molar-refractivity contribution is 0.781. The number of aliphatic imine (C=N–C) groups is 1. The maximum Gasteiger partial charge on any atom is 0.134 e. The molecule has 0 aromatic heterocycles. The van der Waals surface area contributed by atoms with Crippen LogP contribution in [0.4, 0.5) is 0 Å². The van der Waals surface area contributed by atoms with E-state index in [1.165, 1.54) is 72.0 Å². The van der Waals surface area contributed by atoms with E-state index in [1.807, 2.05) is 6.07 Å². The summed E-state index contributed by atoms with van der Waals surface area (Å²) in [6.45, 7) is 0. The molecule has 2 aliphatic rings. The lowest BCUT2D eigenvalue weighted by atomic mass is 9.82. The molecule has 0 saturated heterocycles. The normalized spacial score (nSPS) is 14.3. The molecule has 244 valence electrons. The number of hydrogen-bond acceptors (Lipinski definition) is 2. The molecule has 0 amide bonds. The minimum Gasteiger partial charge on any atom is -0.359 e. The molecule has 10 rings (SSSR count). The number of nitrogens with zero attached hydrogens (tertiary/aromatic N) is 1. The molecule has 2 heteroatoms. The molecule has 8 aromatic carbocycles. The predicted molar refractivity (Wildman–Crippen MR) is 218 cm³/mol. The first-order valence-electron chi connectivity index (χ1n) is 17.9. The van der Waals surface area contributed by atoms with Crippen molar-refractivity contribution in [3.8, 4) is 55.6 Å². The Morgan fingerprint density at radius 1 is 0.385 bits per heavy atom. The van der Waals surface area contributed by atoms with Gasteiger partial charge in [0, 0.05) is 5.56 Å². The minimum atomic E-state index is 0.00254. The first-order valence-corrected chi connectivity index (χ1v) is 17.9. The van der Waals surface area contributed by atoms with Gasteiger partial charge in [0.25, 0.3) is 0 Å². The molecule has 0 bridgehead atoms. The average molecular weight is 663 g/mol. The van der Waals surface area contributed by atoms with E-state index in [-0.39, 0.29) is 6.04 Å². The summed E-state index contributed by atoms with van der Waals surface area (Å²) in [4.78, 5) is 5.18. The van der Waals surface area contributed by atoms with Gasteiger partial charge in [-0.25, -0.2) is 4.99 Å². The average Bonchev–Trinajstić information content (AvgIpc) is 3.57. The Hall–Kier alpha value is -6.77. The van der Waals surface area contributed by atoms with Gasteiger partial charge >= 0.3 is 0 Å². The molecule has 0 radical (unpaired) electrons. The van der Waals surface area contributed by atoms with Gasteiger partial charge in [-0.05, 0) is 89.7 Å². The highest BCUT2D eigenvalue weighted by Gasteiger charge is 2.30. The zero-order valence-electron chi connectivity index (χ0n) is 28.5. The molecule has 1 atom stereocenters. The van der Waals surface area contributed by atoms with Crippen LogP contribution in [0.5, 0.6) is 0 Å². The summed E-state index contributed by atoms with van der Waals surface area (Å²) in [5, 5.41) is 6.35. The van der Waals surface area contributed by atoms with Crippen molar-refractivity contribution in [2.45, 2.75) is 6.04 Å². The van der Waals surface area contributed by atoms with Gasteiger partial charge in [0.05, 0.1) is 11.7 Å². The van der Waals surface area contributed by atoms with E-state index in [2.05, 4.69) is 193 Å². The molecule has 0 saturated carbocycles. The highest BCUT2D eigenvalue weighted by atomic mass is 15.0. The first kappa shape index (κ1) is 30.1. The second-order valence-corrected chi connectivity index (χ2v) is 13.5. The van der Waals surface area contributed by atoms with Crippen molar-refractivity contribution in [1.29, 1.82) is 0 Å². The number of rotatable bonds is 6. The Balaban J connectivity index is 1.16. The molecule has 1 aliphatic heterocycles. The fourth-order valence-electron chi connectivity index (χ4n) is 8.07. The standard InChI is InChI=1S/C50H34N2/c1-5-15-33(16-6-1)43-31-42(47(38-21-11-4-12-22-38)49-41-26-14-24-37-23-13-25-40(46(37)41)48(43)49)34-27-29-39(30-28-34)50-51-44(35-17-7-2-8-18-35)32-45(52-50)36-19-9-3-10-20-36/h1-32,44H,(H,51,52). The third kappa shape index (κ3) is 5.08. The van der Waals surface area contributed by atoms with Crippen LogP contribution < -0.4 is 5.32 Å². The molecule has 8 aromatic rings. The van der Waals surface area contributed by atoms with Gasteiger partial charge in [-0.15, -0.1) is 0 Å². The van der Waals surface area contributed by atoms with E-state index in [9.17, 15) is 0 Å². The van der Waals surface area contributed by atoms with Crippen molar-refractivity contribution >= 4 is 22.3 Å². The van der Waals surface area contributed by atoms with Crippen LogP contribution in [0.3, 0.4) is 0 Å². The van der Waals surface area contributed by atoms with Crippen molar-refractivity contribution in [3.63, 3.8) is 0 Å². The molecule has 1 aliphatic carbocycles. The van der Waals surface area contributed by atoms with Gasteiger partial charge in [0.1, 0.15) is 5.84 Å².